The molecule has 0 spiro atoms. The van der Waals surface area contributed by atoms with E-state index in [0.29, 0.717) is 31.3 Å². The van der Waals surface area contributed by atoms with E-state index in [0.717, 1.165) is 64.5 Å². The van der Waals surface area contributed by atoms with E-state index in [1.165, 1.54) is 6.33 Å². The van der Waals surface area contributed by atoms with Gasteiger partial charge in [-0.2, -0.15) is 10.2 Å². The number of carbonyl (C=O) groups excluding carboxylic acids is 1. The number of hydrogen-bond acceptors (Lipinski definition) is 7. The van der Waals surface area contributed by atoms with Crippen LogP contribution in [0.15, 0.2) is 60.9 Å². The molecular weight excluding hydrogens is 490 g/mol. The Hall–Kier alpha value is -4.44. The highest BCUT2D eigenvalue weighted by molar-refractivity contribution is 5.96. The predicted octanol–water partition coefficient (Wildman–Crippen LogP) is 3.16. The molecule has 3 aromatic heterocycles. The van der Waals surface area contributed by atoms with E-state index in [1.807, 2.05) is 38.4 Å². The van der Waals surface area contributed by atoms with Gasteiger partial charge in [-0.1, -0.05) is 36.4 Å². The standard InChI is InChI=1S/C29H31N9O/c30-26-25-22(20-6-7-21-23(14-20)35-37(27(21)31)16-18-4-2-1-3-5-18)15-24(38(25)34-17-33-26)19-8-12-36(13-9-19)28(39)29(32)10-11-29/h1-7,14-15,17,19H,8-13,16,31-32H2,(H2,30,33,34). The number of piperidine rings is 1. The molecule has 1 aliphatic carbocycles. The van der Waals surface area contributed by atoms with Gasteiger partial charge in [0.1, 0.15) is 17.7 Å². The molecule has 4 heterocycles. The number of fused-ring (bicyclic) bond motifs is 2. The van der Waals surface area contributed by atoms with Crippen LogP contribution in [-0.4, -0.2) is 53.8 Å². The lowest BCUT2D eigenvalue weighted by atomic mass is 9.92. The summed E-state index contributed by atoms with van der Waals surface area (Å²) >= 11 is 0. The average Bonchev–Trinajstić information content (AvgIpc) is 3.47. The number of hydrogen-bond donors (Lipinski definition) is 3. The lowest BCUT2D eigenvalue weighted by Crippen LogP contribution is -2.48. The van der Waals surface area contributed by atoms with Gasteiger partial charge in [0.2, 0.25) is 5.91 Å². The summed E-state index contributed by atoms with van der Waals surface area (Å²) in [5.41, 5.74) is 24.2. The molecule has 7 rings (SSSR count). The van der Waals surface area contributed by atoms with Crippen molar-refractivity contribution in [1.29, 1.82) is 0 Å². The van der Waals surface area contributed by atoms with E-state index in [4.69, 9.17) is 22.3 Å². The molecule has 10 nitrogen and oxygen atoms in total. The Kier molecular flexibility index (Phi) is 5.34. The summed E-state index contributed by atoms with van der Waals surface area (Å²) in [5.74, 6) is 1.39. The summed E-state index contributed by atoms with van der Waals surface area (Å²) in [5, 5.41) is 10.3. The summed E-state index contributed by atoms with van der Waals surface area (Å²) in [6.45, 7) is 1.98. The van der Waals surface area contributed by atoms with Gasteiger partial charge in [0.25, 0.3) is 0 Å². The van der Waals surface area contributed by atoms with E-state index >= 15 is 0 Å². The average molecular weight is 522 g/mol. The highest BCUT2D eigenvalue weighted by Crippen LogP contribution is 2.39. The van der Waals surface area contributed by atoms with E-state index in [2.05, 4.69) is 40.4 Å². The fourth-order valence-corrected chi connectivity index (χ4v) is 5.84. The number of nitrogens with two attached hydrogens (primary N) is 3. The molecule has 2 fully saturated rings. The van der Waals surface area contributed by atoms with Crippen molar-refractivity contribution in [1.82, 2.24) is 29.3 Å². The van der Waals surface area contributed by atoms with Crippen molar-refractivity contribution in [3.8, 4) is 11.1 Å². The maximum atomic E-state index is 12.7. The zero-order chi connectivity index (χ0) is 26.7. The minimum Gasteiger partial charge on any atom is -0.383 e. The van der Waals surface area contributed by atoms with E-state index < -0.39 is 5.54 Å². The maximum Gasteiger partial charge on any atom is 0.242 e. The van der Waals surface area contributed by atoms with Crippen LogP contribution in [0.5, 0.6) is 0 Å². The molecule has 1 saturated carbocycles. The van der Waals surface area contributed by atoms with Gasteiger partial charge in [0, 0.05) is 35.7 Å². The second-order valence-corrected chi connectivity index (χ2v) is 10.9. The van der Waals surface area contributed by atoms with Crippen LogP contribution in [0.1, 0.15) is 42.9 Å². The highest BCUT2D eigenvalue weighted by atomic mass is 16.2. The summed E-state index contributed by atoms with van der Waals surface area (Å²) < 4.78 is 3.75. The van der Waals surface area contributed by atoms with E-state index in [9.17, 15) is 4.79 Å². The zero-order valence-electron chi connectivity index (χ0n) is 21.6. The van der Waals surface area contributed by atoms with Crippen LogP contribution in [0.2, 0.25) is 0 Å². The molecule has 198 valence electrons. The molecule has 39 heavy (non-hydrogen) atoms. The largest absolute Gasteiger partial charge is 0.383 e. The fourth-order valence-electron chi connectivity index (χ4n) is 5.84. The number of aromatic nitrogens is 5. The minimum absolute atomic E-state index is 0.0903. The maximum absolute atomic E-state index is 12.7. The van der Waals surface area contributed by atoms with Gasteiger partial charge < -0.3 is 22.1 Å². The third kappa shape index (κ3) is 3.99. The van der Waals surface area contributed by atoms with Crippen molar-refractivity contribution in [3.05, 3.63) is 72.2 Å². The first kappa shape index (κ1) is 23.7. The topological polar surface area (TPSA) is 146 Å². The first-order valence-electron chi connectivity index (χ1n) is 13.4. The van der Waals surface area contributed by atoms with Crippen molar-refractivity contribution in [2.45, 2.75) is 43.7 Å². The highest BCUT2D eigenvalue weighted by Gasteiger charge is 2.48. The van der Waals surface area contributed by atoms with Crippen molar-refractivity contribution in [2.75, 3.05) is 24.6 Å². The Morgan fingerprint density at radius 1 is 1.03 bits per heavy atom. The summed E-state index contributed by atoms with van der Waals surface area (Å²) in [6.07, 6.45) is 4.76. The second-order valence-electron chi connectivity index (χ2n) is 10.9. The van der Waals surface area contributed by atoms with Crippen molar-refractivity contribution >= 4 is 34.0 Å². The normalized spacial score (nSPS) is 17.2. The van der Waals surface area contributed by atoms with Crippen molar-refractivity contribution in [3.63, 3.8) is 0 Å². The fraction of sp³-hybridized carbons (Fsp3) is 0.310. The molecule has 1 amide bonds. The van der Waals surface area contributed by atoms with Crippen LogP contribution >= 0.6 is 0 Å². The van der Waals surface area contributed by atoms with Gasteiger partial charge in [-0.3, -0.25) is 4.79 Å². The van der Waals surface area contributed by atoms with Gasteiger partial charge in [-0.15, -0.1) is 0 Å². The van der Waals surface area contributed by atoms with Crippen LogP contribution in [-0.2, 0) is 11.3 Å². The van der Waals surface area contributed by atoms with Gasteiger partial charge in [-0.05, 0) is 55.0 Å². The number of benzene rings is 2. The molecule has 1 saturated heterocycles. The molecule has 2 aromatic carbocycles. The van der Waals surface area contributed by atoms with Gasteiger partial charge in [0.05, 0.1) is 17.6 Å². The number of amides is 1. The molecule has 5 aromatic rings. The number of rotatable bonds is 5. The first-order chi connectivity index (χ1) is 18.9. The number of carbonyl (C=O) groups is 1. The second kappa shape index (κ2) is 8.81. The van der Waals surface area contributed by atoms with Crippen molar-refractivity contribution in [2.24, 2.45) is 5.73 Å². The monoisotopic (exact) mass is 521 g/mol. The number of anilines is 2. The number of likely N-dealkylation sites (tertiary alicyclic amines) is 1. The zero-order valence-corrected chi connectivity index (χ0v) is 21.6. The van der Waals surface area contributed by atoms with Crippen LogP contribution in [0, 0.1) is 0 Å². The summed E-state index contributed by atoms with van der Waals surface area (Å²) in [4.78, 5) is 19.0. The molecule has 1 aliphatic heterocycles. The van der Waals surface area contributed by atoms with Crippen LogP contribution in [0.3, 0.4) is 0 Å². The smallest absolute Gasteiger partial charge is 0.242 e. The molecular formula is C29H31N9O. The molecule has 0 radical (unpaired) electrons. The molecule has 2 aliphatic rings. The summed E-state index contributed by atoms with van der Waals surface area (Å²) in [6, 6.07) is 18.4. The quantitative estimate of drug-likeness (QED) is 0.322. The minimum atomic E-state index is -0.625. The summed E-state index contributed by atoms with van der Waals surface area (Å²) in [7, 11) is 0. The SMILES string of the molecule is Nc1ncnn2c(C3CCN(C(=O)C4(N)CC4)CC3)cc(-c3ccc4c(N)n(Cc5ccccc5)nc4c3)c12. The predicted molar refractivity (Wildman–Crippen MR) is 151 cm³/mol. The Balaban J connectivity index is 1.23. The third-order valence-corrected chi connectivity index (χ3v) is 8.29. The Morgan fingerprint density at radius 2 is 1.79 bits per heavy atom. The Labute approximate surface area is 225 Å². The Bertz CT molecular complexity index is 1710. The molecule has 0 unspecified atom stereocenters. The Morgan fingerprint density at radius 3 is 2.54 bits per heavy atom. The third-order valence-electron chi connectivity index (χ3n) is 8.29. The van der Waals surface area contributed by atoms with Crippen LogP contribution in [0.25, 0.3) is 27.5 Å². The molecule has 6 N–H and O–H groups in total. The number of nitrogens with zero attached hydrogens (tertiary/aromatic N) is 6. The van der Waals surface area contributed by atoms with Crippen molar-refractivity contribution < 1.29 is 4.79 Å². The molecule has 0 bridgehead atoms. The van der Waals surface area contributed by atoms with Gasteiger partial charge in [-0.25, -0.2) is 14.2 Å². The van der Waals surface area contributed by atoms with E-state index in [1.54, 1.807) is 0 Å². The van der Waals surface area contributed by atoms with E-state index in [-0.39, 0.29) is 11.8 Å². The molecule has 0 atom stereocenters. The van der Waals surface area contributed by atoms with Gasteiger partial charge >= 0.3 is 0 Å². The first-order valence-corrected chi connectivity index (χ1v) is 13.4. The van der Waals surface area contributed by atoms with Gasteiger partial charge in [0.15, 0.2) is 5.82 Å². The lowest BCUT2D eigenvalue weighted by molar-refractivity contribution is -0.134. The lowest BCUT2D eigenvalue weighted by Gasteiger charge is -2.33. The molecule has 10 heteroatoms. The number of nitrogen functional groups attached to an aromatic ring is 2. The van der Waals surface area contributed by atoms with Crippen LogP contribution in [0.4, 0.5) is 11.6 Å². The van der Waals surface area contributed by atoms with Crippen LogP contribution < -0.4 is 17.2 Å².